The molecule has 3 nitrogen and oxygen atoms in total. The van der Waals surface area contributed by atoms with E-state index in [1.54, 1.807) is 18.4 Å². The summed E-state index contributed by atoms with van der Waals surface area (Å²) in [5, 5.41) is 3.17. The number of ether oxygens (including phenoxy) is 1. The molecule has 2 N–H and O–H groups in total. The van der Waals surface area contributed by atoms with Crippen molar-refractivity contribution in [3.63, 3.8) is 0 Å². The van der Waals surface area contributed by atoms with Gasteiger partial charge >= 0.3 is 0 Å². The van der Waals surface area contributed by atoms with E-state index >= 15 is 0 Å². The minimum absolute atomic E-state index is 0.355. The average molecular weight is 240 g/mol. The van der Waals surface area contributed by atoms with Crippen LogP contribution in [-0.2, 0) is 10.3 Å². The molecule has 1 atom stereocenters. The van der Waals surface area contributed by atoms with Crippen molar-refractivity contribution in [3.05, 3.63) is 16.1 Å². The Morgan fingerprint density at radius 3 is 2.75 bits per heavy atom. The number of nitrogens with two attached hydrogens (primary N) is 1. The summed E-state index contributed by atoms with van der Waals surface area (Å²) >= 11 is 1.68. The van der Waals surface area contributed by atoms with Gasteiger partial charge in [-0.25, -0.2) is 4.98 Å². The van der Waals surface area contributed by atoms with Crippen molar-refractivity contribution in [2.24, 2.45) is 11.7 Å². The standard InChI is InChI=1S/C12H20N2OS/c1-8(2)10-6-16-11(14-10)12(13,7-15-3)9-4-5-9/h6,8-9H,4-5,7,13H2,1-3H3. The van der Waals surface area contributed by atoms with E-state index in [2.05, 4.69) is 24.2 Å². The van der Waals surface area contributed by atoms with E-state index in [4.69, 9.17) is 10.5 Å². The third-order valence-electron chi connectivity index (χ3n) is 3.20. The van der Waals surface area contributed by atoms with Crippen molar-refractivity contribution in [2.75, 3.05) is 13.7 Å². The molecule has 90 valence electrons. The van der Waals surface area contributed by atoms with Gasteiger partial charge in [-0.15, -0.1) is 11.3 Å². The quantitative estimate of drug-likeness (QED) is 0.860. The lowest BCUT2D eigenvalue weighted by atomic mass is 9.96. The van der Waals surface area contributed by atoms with Gasteiger partial charge in [0.05, 0.1) is 17.8 Å². The third kappa shape index (κ3) is 2.14. The zero-order chi connectivity index (χ0) is 11.8. The van der Waals surface area contributed by atoms with Crippen LogP contribution in [0.25, 0.3) is 0 Å². The normalized spacial score (nSPS) is 20.1. The number of methoxy groups -OCH3 is 1. The van der Waals surface area contributed by atoms with Crippen molar-refractivity contribution >= 4 is 11.3 Å². The van der Waals surface area contributed by atoms with Crippen LogP contribution in [0.5, 0.6) is 0 Å². The predicted molar refractivity (Wildman–Crippen MR) is 66.7 cm³/mol. The average Bonchev–Trinajstić information content (AvgIpc) is 2.95. The first-order valence-electron chi connectivity index (χ1n) is 5.81. The van der Waals surface area contributed by atoms with Crippen LogP contribution >= 0.6 is 11.3 Å². The van der Waals surface area contributed by atoms with Crippen LogP contribution in [0.2, 0.25) is 0 Å². The molecule has 1 aliphatic carbocycles. The van der Waals surface area contributed by atoms with E-state index in [9.17, 15) is 0 Å². The van der Waals surface area contributed by atoms with Gasteiger partial charge in [0.2, 0.25) is 0 Å². The predicted octanol–water partition coefficient (Wildman–Crippen LogP) is 2.48. The molecule has 1 fully saturated rings. The summed E-state index contributed by atoms with van der Waals surface area (Å²) < 4.78 is 5.27. The molecule has 1 unspecified atom stereocenters. The molecular weight excluding hydrogens is 220 g/mol. The van der Waals surface area contributed by atoms with Crippen LogP contribution in [0.4, 0.5) is 0 Å². The lowest BCUT2D eigenvalue weighted by Crippen LogP contribution is -2.43. The molecule has 0 saturated heterocycles. The van der Waals surface area contributed by atoms with Crippen LogP contribution in [0.15, 0.2) is 5.38 Å². The first-order valence-corrected chi connectivity index (χ1v) is 6.69. The molecule has 1 heterocycles. The van der Waals surface area contributed by atoms with Crippen molar-refractivity contribution in [3.8, 4) is 0 Å². The topological polar surface area (TPSA) is 48.1 Å². The van der Waals surface area contributed by atoms with Crippen LogP contribution in [0, 0.1) is 5.92 Å². The Bertz CT molecular complexity index is 360. The van der Waals surface area contributed by atoms with Gasteiger partial charge in [-0.05, 0) is 24.7 Å². The molecule has 2 rings (SSSR count). The monoisotopic (exact) mass is 240 g/mol. The summed E-state index contributed by atoms with van der Waals surface area (Å²) in [6.45, 7) is 4.89. The van der Waals surface area contributed by atoms with Crippen molar-refractivity contribution in [1.82, 2.24) is 4.98 Å². The largest absolute Gasteiger partial charge is 0.382 e. The zero-order valence-electron chi connectivity index (χ0n) is 10.2. The number of rotatable bonds is 5. The third-order valence-corrected chi connectivity index (χ3v) is 4.25. The minimum atomic E-state index is -0.355. The SMILES string of the molecule is COCC(N)(c1nc(C(C)C)cs1)C1CC1. The van der Waals surface area contributed by atoms with E-state index in [0.717, 1.165) is 10.7 Å². The molecule has 16 heavy (non-hydrogen) atoms. The molecule has 0 aliphatic heterocycles. The second kappa shape index (κ2) is 4.43. The van der Waals surface area contributed by atoms with Gasteiger partial charge in [-0.1, -0.05) is 13.8 Å². The molecule has 1 aromatic rings. The van der Waals surface area contributed by atoms with E-state index in [1.807, 2.05) is 0 Å². The fourth-order valence-electron chi connectivity index (χ4n) is 1.96. The number of aromatic nitrogens is 1. The Balaban J connectivity index is 2.24. The van der Waals surface area contributed by atoms with Crippen LogP contribution in [0.1, 0.15) is 43.3 Å². The van der Waals surface area contributed by atoms with Gasteiger partial charge in [0.1, 0.15) is 5.01 Å². The number of nitrogens with zero attached hydrogens (tertiary/aromatic N) is 1. The maximum atomic E-state index is 6.47. The molecule has 0 radical (unpaired) electrons. The second-order valence-corrected chi connectivity index (χ2v) is 5.84. The summed E-state index contributed by atoms with van der Waals surface area (Å²) in [6, 6.07) is 0. The highest BCUT2D eigenvalue weighted by molar-refractivity contribution is 7.09. The summed E-state index contributed by atoms with van der Waals surface area (Å²) in [7, 11) is 1.71. The Kier molecular flexibility index (Phi) is 3.33. The molecule has 0 bridgehead atoms. The molecule has 1 aromatic heterocycles. The van der Waals surface area contributed by atoms with Gasteiger partial charge in [0.25, 0.3) is 0 Å². The van der Waals surface area contributed by atoms with Crippen molar-refractivity contribution < 1.29 is 4.74 Å². The zero-order valence-corrected chi connectivity index (χ0v) is 11.0. The highest BCUT2D eigenvalue weighted by Crippen LogP contribution is 2.45. The summed E-state index contributed by atoms with van der Waals surface area (Å²) in [6.07, 6.45) is 2.41. The molecular formula is C12H20N2OS. The Morgan fingerprint density at radius 2 is 2.31 bits per heavy atom. The van der Waals surface area contributed by atoms with Crippen molar-refractivity contribution in [2.45, 2.75) is 38.1 Å². The highest BCUT2D eigenvalue weighted by atomic mass is 32.1. The van der Waals surface area contributed by atoms with Crippen LogP contribution in [0.3, 0.4) is 0 Å². The van der Waals surface area contributed by atoms with Crippen LogP contribution in [-0.4, -0.2) is 18.7 Å². The fourth-order valence-corrected chi connectivity index (χ4v) is 3.12. The van der Waals surface area contributed by atoms with Crippen LogP contribution < -0.4 is 5.73 Å². The second-order valence-electron chi connectivity index (χ2n) is 4.98. The molecule has 4 heteroatoms. The van der Waals surface area contributed by atoms with Gasteiger partial charge in [0.15, 0.2) is 0 Å². The first-order chi connectivity index (χ1) is 7.58. The summed E-state index contributed by atoms with van der Waals surface area (Å²) in [5.41, 5.74) is 7.26. The maximum absolute atomic E-state index is 6.47. The highest BCUT2D eigenvalue weighted by Gasteiger charge is 2.45. The Labute approximate surface area is 101 Å². The first kappa shape index (κ1) is 12.0. The van der Waals surface area contributed by atoms with E-state index < -0.39 is 0 Å². The Morgan fingerprint density at radius 1 is 1.62 bits per heavy atom. The summed E-state index contributed by atoms with van der Waals surface area (Å²) in [5.74, 6) is 1.02. The molecule has 1 aliphatic rings. The van der Waals surface area contributed by atoms with Gasteiger partial charge in [0, 0.05) is 12.5 Å². The molecule has 0 amide bonds. The molecule has 1 saturated carbocycles. The van der Waals surface area contributed by atoms with E-state index in [-0.39, 0.29) is 5.54 Å². The van der Waals surface area contributed by atoms with E-state index in [0.29, 0.717) is 18.4 Å². The molecule has 0 aromatic carbocycles. The van der Waals surface area contributed by atoms with Gasteiger partial charge < -0.3 is 10.5 Å². The van der Waals surface area contributed by atoms with Gasteiger partial charge in [-0.3, -0.25) is 0 Å². The lowest BCUT2D eigenvalue weighted by Gasteiger charge is -2.26. The Hall–Kier alpha value is -0.450. The summed E-state index contributed by atoms with van der Waals surface area (Å²) in [4.78, 5) is 4.68. The smallest absolute Gasteiger partial charge is 0.115 e. The fraction of sp³-hybridized carbons (Fsp3) is 0.750. The molecule has 0 spiro atoms. The number of hydrogen-bond donors (Lipinski definition) is 1. The van der Waals surface area contributed by atoms with Crippen molar-refractivity contribution in [1.29, 1.82) is 0 Å². The lowest BCUT2D eigenvalue weighted by molar-refractivity contribution is 0.118. The number of hydrogen-bond acceptors (Lipinski definition) is 4. The van der Waals surface area contributed by atoms with Gasteiger partial charge in [-0.2, -0.15) is 0 Å². The van der Waals surface area contributed by atoms with E-state index in [1.165, 1.54) is 12.8 Å². The number of thiazole rings is 1. The maximum Gasteiger partial charge on any atom is 0.115 e. The minimum Gasteiger partial charge on any atom is -0.382 e.